The number of carbonyl (C=O) groups is 1. The summed E-state index contributed by atoms with van der Waals surface area (Å²) in [5.41, 5.74) is -8.20. The number of amides is 1. The van der Waals surface area contributed by atoms with E-state index in [1.807, 2.05) is 0 Å². The Morgan fingerprint density at radius 3 is 1.93 bits per heavy atom. The Morgan fingerprint density at radius 1 is 1.07 bits per heavy atom. The van der Waals surface area contributed by atoms with Crippen LogP contribution < -0.4 is 5.32 Å². The number of nitrogens with one attached hydrogen (secondary N) is 1. The van der Waals surface area contributed by atoms with Gasteiger partial charge in [-0.05, 0) is 38.5 Å². The second kappa shape index (κ2) is 7.64. The van der Waals surface area contributed by atoms with E-state index in [1.165, 1.54) is 6.92 Å². The molecule has 12 heteroatoms. The molecule has 1 aromatic rings. The molecule has 1 unspecified atom stereocenters. The minimum Gasteiger partial charge on any atom is -0.380 e. The molecule has 0 radical (unpaired) electrons. The van der Waals surface area contributed by atoms with Crippen LogP contribution >= 0.6 is 0 Å². The van der Waals surface area contributed by atoms with Crippen LogP contribution in [0.15, 0.2) is 36.6 Å². The van der Waals surface area contributed by atoms with E-state index in [2.05, 4.69) is 16.1 Å². The summed E-state index contributed by atoms with van der Waals surface area (Å²) in [6, 6.07) is 3.03. The molecule has 0 saturated carbocycles. The number of hydrogen-bond acceptors (Lipinski definition) is 4. The van der Waals surface area contributed by atoms with E-state index >= 15 is 0 Å². The summed E-state index contributed by atoms with van der Waals surface area (Å²) in [6.07, 6.45) is -4.54. The lowest BCUT2D eigenvalue weighted by molar-refractivity contribution is -0.137. The van der Waals surface area contributed by atoms with Gasteiger partial charge in [-0.1, -0.05) is 18.7 Å². The fraction of sp³-hybridized carbons (Fsp3) is 0.438. The summed E-state index contributed by atoms with van der Waals surface area (Å²) in [5, 5.41) is 2.36. The van der Waals surface area contributed by atoms with Crippen LogP contribution in [0.4, 0.5) is 26.3 Å². The van der Waals surface area contributed by atoms with E-state index in [-0.39, 0.29) is 5.56 Å². The Bertz CT molecular complexity index is 841. The maximum atomic E-state index is 12.6. The molecular weight excluding hydrogens is 416 g/mol. The lowest BCUT2D eigenvalue weighted by Crippen LogP contribution is -2.41. The van der Waals surface area contributed by atoms with Gasteiger partial charge in [0.15, 0.2) is 0 Å². The molecule has 1 rings (SSSR count). The fourth-order valence-electron chi connectivity index (χ4n) is 1.83. The predicted molar refractivity (Wildman–Crippen MR) is 87.0 cm³/mol. The zero-order valence-electron chi connectivity index (χ0n) is 14.9. The van der Waals surface area contributed by atoms with Crippen molar-refractivity contribution in [3.05, 3.63) is 47.7 Å². The highest BCUT2D eigenvalue weighted by molar-refractivity contribution is 7.87. The van der Waals surface area contributed by atoms with Gasteiger partial charge in [0.2, 0.25) is 5.91 Å². The first-order chi connectivity index (χ1) is 12.4. The highest BCUT2D eigenvalue weighted by atomic mass is 32.2. The number of carbonyl (C=O) groups excluding carboxylic acids is 1. The summed E-state index contributed by atoms with van der Waals surface area (Å²) in [4.78, 5) is 12.3. The standard InChI is InChI=1S/C16H17F6NO4S/c1-9(11-5-7-12(8-6-11)15(17,18)19)23-13(24)14(3,4)10(2)27-28(25,26)16(20,21)22/h5-9H,2H2,1,3-4H3,(H,23,24). The van der Waals surface area contributed by atoms with Gasteiger partial charge in [0.25, 0.3) is 0 Å². The van der Waals surface area contributed by atoms with Crippen molar-refractivity contribution in [3.63, 3.8) is 0 Å². The molecule has 0 fully saturated rings. The topological polar surface area (TPSA) is 72.5 Å². The van der Waals surface area contributed by atoms with Crippen LogP contribution in [0.3, 0.4) is 0 Å². The highest BCUT2D eigenvalue weighted by Crippen LogP contribution is 2.34. The quantitative estimate of drug-likeness (QED) is 0.315. The maximum absolute atomic E-state index is 12.6. The molecule has 0 heterocycles. The maximum Gasteiger partial charge on any atom is 0.534 e. The van der Waals surface area contributed by atoms with Crippen molar-refractivity contribution in [1.29, 1.82) is 0 Å². The lowest BCUT2D eigenvalue weighted by atomic mass is 9.90. The van der Waals surface area contributed by atoms with E-state index in [0.29, 0.717) is 0 Å². The molecule has 158 valence electrons. The van der Waals surface area contributed by atoms with Crippen LogP contribution in [0.2, 0.25) is 0 Å². The molecule has 5 nitrogen and oxygen atoms in total. The van der Waals surface area contributed by atoms with E-state index < -0.39 is 50.5 Å². The molecule has 0 spiro atoms. The third kappa shape index (κ3) is 5.40. The second-order valence-electron chi connectivity index (χ2n) is 6.35. The lowest BCUT2D eigenvalue weighted by Gasteiger charge is -2.27. The van der Waals surface area contributed by atoms with Crippen molar-refractivity contribution in [1.82, 2.24) is 5.32 Å². The van der Waals surface area contributed by atoms with Gasteiger partial charge < -0.3 is 9.50 Å². The SMILES string of the molecule is C=C(OS(=O)(=O)C(F)(F)F)C(C)(C)C(=O)NC(C)c1ccc(C(F)(F)F)cc1. The molecule has 28 heavy (non-hydrogen) atoms. The van der Waals surface area contributed by atoms with Crippen molar-refractivity contribution in [3.8, 4) is 0 Å². The molecular formula is C16H17F6NO4S. The van der Waals surface area contributed by atoms with Gasteiger partial charge in [0.05, 0.1) is 11.6 Å². The third-order valence-corrected chi connectivity index (χ3v) is 4.83. The van der Waals surface area contributed by atoms with Crippen molar-refractivity contribution < 1.29 is 43.7 Å². The van der Waals surface area contributed by atoms with Crippen LogP contribution in [-0.4, -0.2) is 19.8 Å². The van der Waals surface area contributed by atoms with Gasteiger partial charge in [-0.3, -0.25) is 4.79 Å². The van der Waals surface area contributed by atoms with Gasteiger partial charge >= 0.3 is 21.8 Å². The minimum atomic E-state index is -6.00. The van der Waals surface area contributed by atoms with Crippen LogP contribution in [0, 0.1) is 5.41 Å². The average Bonchev–Trinajstić information content (AvgIpc) is 2.52. The molecule has 1 aromatic carbocycles. The first-order valence-electron chi connectivity index (χ1n) is 7.58. The first kappa shape index (κ1) is 23.8. The average molecular weight is 433 g/mol. The van der Waals surface area contributed by atoms with E-state index in [0.717, 1.165) is 38.1 Å². The van der Waals surface area contributed by atoms with Gasteiger partial charge in [-0.2, -0.15) is 34.8 Å². The summed E-state index contributed by atoms with van der Waals surface area (Å²) in [7, 11) is -6.00. The number of hydrogen-bond donors (Lipinski definition) is 1. The summed E-state index contributed by atoms with van der Waals surface area (Å²) in [5.74, 6) is -1.91. The predicted octanol–water partition coefficient (Wildman–Crippen LogP) is 4.29. The summed E-state index contributed by atoms with van der Waals surface area (Å²) in [6.45, 7) is 6.66. The first-order valence-corrected chi connectivity index (χ1v) is 8.98. The highest BCUT2D eigenvalue weighted by Gasteiger charge is 2.50. The fourth-order valence-corrected chi connectivity index (χ4v) is 2.40. The van der Waals surface area contributed by atoms with Crippen molar-refractivity contribution in [2.45, 2.75) is 38.5 Å². The molecule has 0 aliphatic carbocycles. The molecule has 0 aromatic heterocycles. The Labute approximate surface area is 157 Å². The molecule has 1 N–H and O–H groups in total. The molecule has 1 amide bonds. The van der Waals surface area contributed by atoms with Crippen molar-refractivity contribution in [2.24, 2.45) is 5.41 Å². The van der Waals surface area contributed by atoms with E-state index in [1.54, 1.807) is 0 Å². The van der Waals surface area contributed by atoms with Crippen LogP contribution in [0.1, 0.15) is 37.9 Å². The number of benzene rings is 1. The smallest absolute Gasteiger partial charge is 0.380 e. The minimum absolute atomic E-state index is 0.284. The summed E-state index contributed by atoms with van der Waals surface area (Å²) < 4.78 is 101. The Kier molecular flexibility index (Phi) is 6.50. The van der Waals surface area contributed by atoms with Gasteiger partial charge in [-0.25, -0.2) is 0 Å². The number of rotatable bonds is 6. The van der Waals surface area contributed by atoms with Gasteiger partial charge in [-0.15, -0.1) is 0 Å². The molecule has 0 saturated heterocycles. The second-order valence-corrected chi connectivity index (χ2v) is 7.88. The number of halogens is 6. The Morgan fingerprint density at radius 2 is 1.54 bits per heavy atom. The number of alkyl halides is 6. The van der Waals surface area contributed by atoms with E-state index in [4.69, 9.17) is 0 Å². The third-order valence-electron chi connectivity index (χ3n) is 3.84. The van der Waals surface area contributed by atoms with Gasteiger partial charge in [0.1, 0.15) is 11.2 Å². The Hall–Kier alpha value is -2.24. The molecule has 0 aliphatic rings. The van der Waals surface area contributed by atoms with Gasteiger partial charge in [0, 0.05) is 0 Å². The Balaban J connectivity index is 2.91. The molecule has 0 aliphatic heterocycles. The van der Waals surface area contributed by atoms with Crippen molar-refractivity contribution in [2.75, 3.05) is 0 Å². The zero-order chi connectivity index (χ0) is 22.1. The van der Waals surface area contributed by atoms with E-state index in [9.17, 15) is 39.6 Å². The van der Waals surface area contributed by atoms with Crippen LogP contribution in [0.25, 0.3) is 0 Å². The largest absolute Gasteiger partial charge is 0.534 e. The van der Waals surface area contributed by atoms with Crippen molar-refractivity contribution >= 4 is 16.0 Å². The zero-order valence-corrected chi connectivity index (χ0v) is 15.7. The normalized spacial score (nSPS) is 14.3. The van der Waals surface area contributed by atoms with Crippen LogP contribution in [0.5, 0.6) is 0 Å². The molecule has 0 bridgehead atoms. The monoisotopic (exact) mass is 433 g/mol. The summed E-state index contributed by atoms with van der Waals surface area (Å²) >= 11 is 0. The molecule has 1 atom stereocenters. The van der Waals surface area contributed by atoms with Crippen LogP contribution in [-0.2, 0) is 25.3 Å².